The van der Waals surface area contributed by atoms with Crippen molar-refractivity contribution in [1.29, 1.82) is 5.26 Å². The molecule has 0 spiro atoms. The molecule has 5 aromatic rings. The minimum Gasteiger partial charge on any atom is -0.394 e. The van der Waals surface area contributed by atoms with E-state index in [1.165, 1.54) is 23.5 Å². The summed E-state index contributed by atoms with van der Waals surface area (Å²) in [5.41, 5.74) is 6.56. The lowest BCUT2D eigenvalue weighted by atomic mass is 10.1. The molecule has 1 aromatic carbocycles. The number of nitrogens with zero attached hydrogens (tertiary/aromatic N) is 7. The van der Waals surface area contributed by atoms with Crippen LogP contribution < -0.4 is 4.90 Å². The van der Waals surface area contributed by atoms with Crippen molar-refractivity contribution in [2.24, 2.45) is 0 Å². The number of aliphatic hydroxyl groups excluding tert-OH is 2. The van der Waals surface area contributed by atoms with Gasteiger partial charge in [-0.25, -0.2) is 13.9 Å². The number of aromatic nitrogens is 5. The maximum atomic E-state index is 13.5. The molecule has 0 saturated carbocycles. The smallest absolute Gasteiger partial charge is 0.191 e. The first-order valence-electron chi connectivity index (χ1n) is 12.1. The van der Waals surface area contributed by atoms with Gasteiger partial charge in [0, 0.05) is 30.1 Å². The fourth-order valence-corrected chi connectivity index (χ4v) is 5.28. The second kappa shape index (κ2) is 10.3. The number of halogens is 1. The lowest BCUT2D eigenvalue weighted by Crippen LogP contribution is -2.19. The molecule has 5 rings (SSSR count). The first kappa shape index (κ1) is 25.5. The number of hydrogen-bond donors (Lipinski definition) is 2. The van der Waals surface area contributed by atoms with Crippen LogP contribution in [0.15, 0.2) is 48.8 Å². The van der Waals surface area contributed by atoms with Crippen LogP contribution in [0.2, 0.25) is 0 Å². The average Bonchev–Trinajstić information content (AvgIpc) is 3.65. The summed E-state index contributed by atoms with van der Waals surface area (Å²) in [5, 5.41) is 38.5. The van der Waals surface area contributed by atoms with E-state index >= 15 is 0 Å². The summed E-state index contributed by atoms with van der Waals surface area (Å²) in [6.07, 6.45) is 3.37. The number of aliphatic hydroxyl groups is 2. The van der Waals surface area contributed by atoms with Gasteiger partial charge in [-0.3, -0.25) is 4.68 Å². The zero-order chi connectivity index (χ0) is 27.0. The Bertz CT molecular complexity index is 1650. The van der Waals surface area contributed by atoms with Crippen molar-refractivity contribution < 1.29 is 14.6 Å². The van der Waals surface area contributed by atoms with Crippen molar-refractivity contribution in [3.05, 3.63) is 70.9 Å². The Balaban J connectivity index is 1.59. The number of pyridine rings is 1. The first-order chi connectivity index (χ1) is 18.3. The molecule has 4 heterocycles. The molecule has 0 saturated heterocycles. The fourth-order valence-electron chi connectivity index (χ4n) is 4.43. The molecule has 4 aromatic heterocycles. The van der Waals surface area contributed by atoms with Gasteiger partial charge in [-0.05, 0) is 55.3 Å². The molecular formula is C27H26FN7O2S. The first-order valence-corrected chi connectivity index (χ1v) is 12.9. The van der Waals surface area contributed by atoms with Gasteiger partial charge in [0.25, 0.3) is 0 Å². The van der Waals surface area contributed by atoms with E-state index < -0.39 is 6.10 Å². The number of hydrogen-bond acceptors (Lipinski definition) is 8. The van der Waals surface area contributed by atoms with E-state index in [0.29, 0.717) is 27.7 Å². The van der Waals surface area contributed by atoms with Crippen LogP contribution in [0.5, 0.6) is 0 Å². The van der Waals surface area contributed by atoms with Gasteiger partial charge in [0.15, 0.2) is 5.13 Å². The van der Waals surface area contributed by atoms with Gasteiger partial charge in [-0.15, -0.1) is 0 Å². The average molecular weight is 532 g/mol. The van der Waals surface area contributed by atoms with Crippen molar-refractivity contribution in [3.63, 3.8) is 0 Å². The SMILES string of the molecule is CCc1nn2c(C)cc(-c3cnn(C[C@@H](O)CO)c3)cc2c1N(C)c1nc(-c2ccc(F)cc2)c(C#N)s1. The molecule has 0 aliphatic rings. The summed E-state index contributed by atoms with van der Waals surface area (Å²) >= 11 is 1.27. The summed E-state index contributed by atoms with van der Waals surface area (Å²) < 4.78 is 17.0. The van der Waals surface area contributed by atoms with Gasteiger partial charge in [0.2, 0.25) is 0 Å². The number of fused-ring (bicyclic) bond motifs is 1. The molecule has 0 aliphatic carbocycles. The maximum absolute atomic E-state index is 13.5. The molecule has 0 aliphatic heterocycles. The summed E-state index contributed by atoms with van der Waals surface area (Å²) in [4.78, 5) is 7.16. The molecule has 0 bridgehead atoms. The minimum atomic E-state index is -0.884. The molecule has 0 amide bonds. The zero-order valence-corrected chi connectivity index (χ0v) is 21.9. The highest BCUT2D eigenvalue weighted by Crippen LogP contribution is 2.39. The van der Waals surface area contributed by atoms with E-state index in [1.807, 2.05) is 48.6 Å². The Labute approximate surface area is 222 Å². The van der Waals surface area contributed by atoms with Crippen LogP contribution in [-0.4, -0.2) is 54.4 Å². The molecule has 1 atom stereocenters. The molecule has 11 heteroatoms. The number of nitriles is 1. The molecular weight excluding hydrogens is 505 g/mol. The molecule has 9 nitrogen and oxygen atoms in total. The summed E-state index contributed by atoms with van der Waals surface area (Å²) in [6.45, 7) is 3.88. The Morgan fingerprint density at radius 1 is 1.18 bits per heavy atom. The van der Waals surface area contributed by atoms with Crippen LogP contribution >= 0.6 is 11.3 Å². The van der Waals surface area contributed by atoms with Crippen LogP contribution in [0, 0.1) is 24.1 Å². The normalized spacial score (nSPS) is 12.1. The van der Waals surface area contributed by atoms with Crippen molar-refractivity contribution in [1.82, 2.24) is 24.4 Å². The monoisotopic (exact) mass is 531 g/mol. The van der Waals surface area contributed by atoms with E-state index in [2.05, 4.69) is 11.2 Å². The molecule has 2 N–H and O–H groups in total. The van der Waals surface area contributed by atoms with Crippen molar-refractivity contribution in [3.8, 4) is 28.5 Å². The van der Waals surface area contributed by atoms with Gasteiger partial charge in [-0.2, -0.15) is 15.5 Å². The van der Waals surface area contributed by atoms with Crippen LogP contribution in [-0.2, 0) is 13.0 Å². The van der Waals surface area contributed by atoms with E-state index in [0.717, 1.165) is 33.7 Å². The quantitative estimate of drug-likeness (QED) is 0.306. The van der Waals surface area contributed by atoms with E-state index in [1.54, 1.807) is 23.0 Å². The van der Waals surface area contributed by atoms with Gasteiger partial charge >= 0.3 is 0 Å². The lowest BCUT2D eigenvalue weighted by molar-refractivity contribution is 0.0783. The highest BCUT2D eigenvalue weighted by Gasteiger charge is 2.23. The van der Waals surface area contributed by atoms with Crippen molar-refractivity contribution in [2.45, 2.75) is 32.9 Å². The number of anilines is 2. The highest BCUT2D eigenvalue weighted by atomic mass is 32.1. The van der Waals surface area contributed by atoms with Gasteiger partial charge in [0.1, 0.15) is 22.5 Å². The third-order valence-corrected chi connectivity index (χ3v) is 7.36. The van der Waals surface area contributed by atoms with Crippen LogP contribution in [0.25, 0.3) is 27.9 Å². The fraction of sp³-hybridized carbons (Fsp3) is 0.259. The Hall–Kier alpha value is -4.11. The van der Waals surface area contributed by atoms with Crippen LogP contribution in [0.4, 0.5) is 15.2 Å². The zero-order valence-electron chi connectivity index (χ0n) is 21.1. The third-order valence-electron chi connectivity index (χ3n) is 6.32. The molecule has 194 valence electrons. The Kier molecular flexibility index (Phi) is 6.94. The lowest BCUT2D eigenvalue weighted by Gasteiger charge is -2.16. The second-order valence-electron chi connectivity index (χ2n) is 8.97. The van der Waals surface area contributed by atoms with Crippen molar-refractivity contribution >= 4 is 27.7 Å². The van der Waals surface area contributed by atoms with E-state index in [4.69, 9.17) is 15.2 Å². The Morgan fingerprint density at radius 3 is 2.63 bits per heavy atom. The van der Waals surface area contributed by atoms with E-state index in [-0.39, 0.29) is 19.0 Å². The number of benzene rings is 1. The molecule has 0 unspecified atom stereocenters. The molecule has 38 heavy (non-hydrogen) atoms. The number of thiazole rings is 1. The molecule has 0 radical (unpaired) electrons. The van der Waals surface area contributed by atoms with Gasteiger partial charge in [0.05, 0.1) is 42.4 Å². The maximum Gasteiger partial charge on any atom is 0.191 e. The number of aryl methyl sites for hydroxylation is 2. The summed E-state index contributed by atoms with van der Waals surface area (Å²) in [5.74, 6) is -0.347. The number of rotatable bonds is 8. The van der Waals surface area contributed by atoms with Gasteiger partial charge in [-0.1, -0.05) is 18.3 Å². The van der Waals surface area contributed by atoms with E-state index in [9.17, 15) is 14.8 Å². The van der Waals surface area contributed by atoms with Crippen LogP contribution in [0.1, 0.15) is 23.2 Å². The molecule has 0 fully saturated rings. The highest BCUT2D eigenvalue weighted by molar-refractivity contribution is 7.16. The third kappa shape index (κ3) is 4.65. The van der Waals surface area contributed by atoms with Crippen LogP contribution in [0.3, 0.4) is 0 Å². The van der Waals surface area contributed by atoms with Crippen molar-refractivity contribution in [2.75, 3.05) is 18.6 Å². The topological polar surface area (TPSA) is 116 Å². The minimum absolute atomic E-state index is 0.194. The predicted molar refractivity (Wildman–Crippen MR) is 144 cm³/mol. The summed E-state index contributed by atoms with van der Waals surface area (Å²) in [7, 11) is 1.90. The largest absolute Gasteiger partial charge is 0.394 e. The summed E-state index contributed by atoms with van der Waals surface area (Å²) in [6, 6.07) is 12.2. The standard InChI is InChI=1S/C27H26FN7O2S/c1-4-22-26(33(3)27-31-25(24(11-29)38-27)17-5-7-20(28)8-6-17)23-10-18(9-16(2)35(23)32-22)19-12-30-34(13-19)14-21(37)15-36/h5-10,12-13,21,36-37H,4,14-15H2,1-3H3/t21-/m1/s1. The second-order valence-corrected chi connectivity index (χ2v) is 9.95. The van der Waals surface area contributed by atoms with Gasteiger partial charge < -0.3 is 15.1 Å². The predicted octanol–water partition coefficient (Wildman–Crippen LogP) is 4.32. The Morgan fingerprint density at radius 2 is 1.95 bits per heavy atom.